The van der Waals surface area contributed by atoms with Gasteiger partial charge in [0.2, 0.25) is 0 Å². The Labute approximate surface area is 125 Å². The number of rotatable bonds is 13. The molecular formula is C17H34NO2+. The van der Waals surface area contributed by atoms with E-state index in [0.29, 0.717) is 13.0 Å². The van der Waals surface area contributed by atoms with Gasteiger partial charge in [0.25, 0.3) is 0 Å². The minimum absolute atomic E-state index is 0.0345. The molecule has 3 heteroatoms. The van der Waals surface area contributed by atoms with Crippen molar-refractivity contribution in [3.63, 3.8) is 0 Å². The second-order valence-corrected chi connectivity index (χ2v) is 6.14. The molecule has 0 saturated heterocycles. The van der Waals surface area contributed by atoms with Gasteiger partial charge in [0.05, 0.1) is 20.6 Å². The lowest BCUT2D eigenvalue weighted by atomic mass is 10.1. The van der Waals surface area contributed by atoms with Gasteiger partial charge >= 0.3 is 5.97 Å². The van der Waals surface area contributed by atoms with E-state index in [1.807, 2.05) is 6.08 Å². The van der Waals surface area contributed by atoms with Crippen LogP contribution in [0.2, 0.25) is 0 Å². The summed E-state index contributed by atoms with van der Waals surface area (Å²) in [6, 6.07) is 0. The Kier molecular flexibility index (Phi) is 11.5. The van der Waals surface area contributed by atoms with Crippen LogP contribution >= 0.6 is 0 Å². The van der Waals surface area contributed by atoms with Gasteiger partial charge < -0.3 is 9.22 Å². The van der Waals surface area contributed by atoms with Gasteiger partial charge in [-0.3, -0.25) is 4.79 Å². The lowest BCUT2D eigenvalue weighted by molar-refractivity contribution is -0.888. The molecule has 3 nitrogen and oxygen atoms in total. The second kappa shape index (κ2) is 12.0. The first-order valence-corrected chi connectivity index (χ1v) is 8.10. The molecule has 0 radical (unpaired) electrons. The molecule has 0 atom stereocenters. The SMILES string of the molecule is C=CCCCCCCCCC(=O)OCC[N+](C)(C)CC. The summed E-state index contributed by atoms with van der Waals surface area (Å²) in [5.41, 5.74) is 0. The van der Waals surface area contributed by atoms with Crippen molar-refractivity contribution in [1.82, 2.24) is 0 Å². The predicted octanol–water partition coefficient (Wildman–Crippen LogP) is 3.93. The number of carbonyl (C=O) groups is 1. The van der Waals surface area contributed by atoms with E-state index in [1.165, 1.54) is 25.7 Å². The molecule has 0 unspecified atom stereocenters. The lowest BCUT2D eigenvalue weighted by Gasteiger charge is -2.27. The zero-order valence-corrected chi connectivity index (χ0v) is 13.8. The van der Waals surface area contributed by atoms with Crippen molar-refractivity contribution in [3.8, 4) is 0 Å². The van der Waals surface area contributed by atoms with E-state index in [-0.39, 0.29) is 5.97 Å². The van der Waals surface area contributed by atoms with E-state index < -0.39 is 0 Å². The number of esters is 1. The maximum atomic E-state index is 11.6. The van der Waals surface area contributed by atoms with Crippen LogP contribution in [0.25, 0.3) is 0 Å². The molecule has 20 heavy (non-hydrogen) atoms. The van der Waals surface area contributed by atoms with Crippen molar-refractivity contribution in [3.05, 3.63) is 12.7 Å². The lowest BCUT2D eigenvalue weighted by Crippen LogP contribution is -2.42. The number of hydrogen-bond donors (Lipinski definition) is 0. The summed E-state index contributed by atoms with van der Waals surface area (Å²) < 4.78 is 6.17. The van der Waals surface area contributed by atoms with Crippen LogP contribution in [-0.2, 0) is 9.53 Å². The molecule has 0 saturated carbocycles. The van der Waals surface area contributed by atoms with Gasteiger partial charge in [-0.1, -0.05) is 31.8 Å². The van der Waals surface area contributed by atoms with E-state index in [0.717, 1.165) is 36.8 Å². The van der Waals surface area contributed by atoms with Crippen molar-refractivity contribution in [2.75, 3.05) is 33.8 Å². The van der Waals surface area contributed by atoms with Crippen LogP contribution in [0.4, 0.5) is 0 Å². The Morgan fingerprint density at radius 2 is 1.70 bits per heavy atom. The van der Waals surface area contributed by atoms with Gasteiger partial charge in [-0.25, -0.2) is 0 Å². The zero-order chi connectivity index (χ0) is 15.3. The fourth-order valence-corrected chi connectivity index (χ4v) is 1.90. The molecule has 0 spiro atoms. The molecule has 118 valence electrons. The van der Waals surface area contributed by atoms with Crippen LogP contribution in [0.15, 0.2) is 12.7 Å². The van der Waals surface area contributed by atoms with Crippen LogP contribution in [0.5, 0.6) is 0 Å². The normalized spacial score (nSPS) is 11.3. The monoisotopic (exact) mass is 284 g/mol. The number of carbonyl (C=O) groups excluding carboxylic acids is 1. The average molecular weight is 284 g/mol. The third-order valence-corrected chi connectivity index (χ3v) is 3.85. The Hall–Kier alpha value is -0.830. The molecule has 0 aromatic carbocycles. The van der Waals surface area contributed by atoms with Gasteiger partial charge in [0.15, 0.2) is 0 Å². The number of ether oxygens (including phenoxy) is 1. The Balaban J connectivity index is 3.35. The summed E-state index contributed by atoms with van der Waals surface area (Å²) in [5, 5.41) is 0. The summed E-state index contributed by atoms with van der Waals surface area (Å²) in [6.45, 7) is 8.37. The summed E-state index contributed by atoms with van der Waals surface area (Å²) in [6.07, 6.45) is 10.8. The van der Waals surface area contributed by atoms with E-state index in [2.05, 4.69) is 27.6 Å². The van der Waals surface area contributed by atoms with E-state index in [4.69, 9.17) is 4.74 Å². The fraction of sp³-hybridized carbons (Fsp3) is 0.824. The maximum Gasteiger partial charge on any atom is 0.305 e. The number of quaternary nitrogens is 1. The number of unbranched alkanes of at least 4 members (excludes halogenated alkanes) is 6. The van der Waals surface area contributed by atoms with Crippen molar-refractivity contribution in [2.24, 2.45) is 0 Å². The Morgan fingerprint density at radius 1 is 1.10 bits per heavy atom. The zero-order valence-electron chi connectivity index (χ0n) is 13.8. The molecule has 0 aromatic rings. The van der Waals surface area contributed by atoms with Gasteiger partial charge in [0.1, 0.15) is 13.2 Å². The standard InChI is InChI=1S/C17H34NO2/c1-5-7-8-9-10-11-12-13-14-17(19)20-16-15-18(3,4)6-2/h5H,1,6-16H2,2-4H3/q+1. The van der Waals surface area contributed by atoms with Crippen LogP contribution in [0, 0.1) is 0 Å². The minimum atomic E-state index is -0.0345. The molecule has 0 aliphatic rings. The van der Waals surface area contributed by atoms with E-state index >= 15 is 0 Å². The predicted molar refractivity (Wildman–Crippen MR) is 85.6 cm³/mol. The van der Waals surface area contributed by atoms with Crippen molar-refractivity contribution in [1.29, 1.82) is 0 Å². The molecule has 0 fully saturated rings. The topological polar surface area (TPSA) is 26.3 Å². The molecule has 0 amide bonds. The Morgan fingerprint density at radius 3 is 2.30 bits per heavy atom. The molecule has 0 heterocycles. The van der Waals surface area contributed by atoms with Gasteiger partial charge in [-0.2, -0.15) is 0 Å². The quantitative estimate of drug-likeness (QED) is 0.222. The van der Waals surface area contributed by atoms with Crippen molar-refractivity contribution >= 4 is 5.97 Å². The van der Waals surface area contributed by atoms with Gasteiger partial charge in [-0.05, 0) is 26.2 Å². The highest BCUT2D eigenvalue weighted by atomic mass is 16.5. The van der Waals surface area contributed by atoms with Gasteiger partial charge in [-0.15, -0.1) is 6.58 Å². The Bertz CT molecular complexity index is 262. The maximum absolute atomic E-state index is 11.6. The third-order valence-electron chi connectivity index (χ3n) is 3.85. The molecular weight excluding hydrogens is 250 g/mol. The molecule has 0 bridgehead atoms. The summed E-state index contributed by atoms with van der Waals surface area (Å²) in [5.74, 6) is -0.0345. The number of likely N-dealkylation sites (N-methyl/N-ethyl adjacent to an activating group) is 1. The first-order valence-electron chi connectivity index (χ1n) is 8.10. The molecule has 0 rings (SSSR count). The largest absolute Gasteiger partial charge is 0.460 e. The van der Waals surface area contributed by atoms with Crippen molar-refractivity contribution < 1.29 is 14.0 Å². The molecule has 0 aliphatic carbocycles. The molecule has 0 aromatic heterocycles. The first-order chi connectivity index (χ1) is 9.52. The number of nitrogens with zero attached hydrogens (tertiary/aromatic N) is 1. The minimum Gasteiger partial charge on any atom is -0.460 e. The van der Waals surface area contributed by atoms with Crippen LogP contribution in [-0.4, -0.2) is 44.2 Å². The molecule has 0 N–H and O–H groups in total. The smallest absolute Gasteiger partial charge is 0.305 e. The average Bonchev–Trinajstić information content (AvgIpc) is 2.41. The highest BCUT2D eigenvalue weighted by molar-refractivity contribution is 5.69. The van der Waals surface area contributed by atoms with Crippen LogP contribution in [0.3, 0.4) is 0 Å². The number of hydrogen-bond acceptors (Lipinski definition) is 2. The molecule has 0 aliphatic heterocycles. The highest BCUT2D eigenvalue weighted by Crippen LogP contribution is 2.09. The van der Waals surface area contributed by atoms with Crippen molar-refractivity contribution in [2.45, 2.75) is 58.3 Å². The van der Waals surface area contributed by atoms with E-state index in [9.17, 15) is 4.79 Å². The third kappa shape index (κ3) is 12.2. The van der Waals surface area contributed by atoms with Gasteiger partial charge in [0, 0.05) is 6.42 Å². The first kappa shape index (κ1) is 19.2. The van der Waals surface area contributed by atoms with Crippen LogP contribution in [0.1, 0.15) is 58.3 Å². The summed E-state index contributed by atoms with van der Waals surface area (Å²) in [7, 11) is 4.31. The summed E-state index contributed by atoms with van der Waals surface area (Å²) >= 11 is 0. The van der Waals surface area contributed by atoms with E-state index in [1.54, 1.807) is 0 Å². The van der Waals surface area contributed by atoms with Crippen LogP contribution < -0.4 is 0 Å². The second-order valence-electron chi connectivity index (χ2n) is 6.14. The summed E-state index contributed by atoms with van der Waals surface area (Å²) in [4.78, 5) is 11.6. The fourth-order valence-electron chi connectivity index (χ4n) is 1.90. The highest BCUT2D eigenvalue weighted by Gasteiger charge is 2.12. The number of allylic oxidation sites excluding steroid dienone is 1.